The lowest BCUT2D eigenvalue weighted by Gasteiger charge is -2.09. The summed E-state index contributed by atoms with van der Waals surface area (Å²) in [6, 6.07) is 4.75. The van der Waals surface area contributed by atoms with Crippen LogP contribution in [0.25, 0.3) is 0 Å². The maximum absolute atomic E-state index is 11.6. The lowest BCUT2D eigenvalue weighted by Crippen LogP contribution is -2.29. The molecule has 0 aliphatic carbocycles. The van der Waals surface area contributed by atoms with E-state index in [0.29, 0.717) is 22.9 Å². The highest BCUT2D eigenvalue weighted by Gasteiger charge is 2.04. The largest absolute Gasteiger partial charge is 0.397 e. The van der Waals surface area contributed by atoms with Crippen LogP contribution in [-0.2, 0) is 0 Å². The number of benzene rings is 1. The fraction of sp³-hybridized carbons (Fsp3) is 0.462. The van der Waals surface area contributed by atoms with Gasteiger partial charge in [-0.1, -0.05) is 37.8 Å². The third kappa shape index (κ3) is 5.27. The van der Waals surface area contributed by atoms with Gasteiger partial charge < -0.3 is 16.4 Å². The molecule has 0 saturated carbocycles. The standard InChI is InChI=1S/C13H20ClN3O/c1-2-3-4-5-8-16-13(18)17-12-7-6-10(14)9-11(12)15/h6-7,9H,2-5,8,15H2,1H3,(H2,16,17,18). The molecule has 0 fully saturated rings. The third-order valence-corrected chi connectivity index (χ3v) is 2.81. The van der Waals surface area contributed by atoms with Crippen LogP contribution in [0, 0.1) is 0 Å². The van der Waals surface area contributed by atoms with Crippen molar-refractivity contribution in [3.8, 4) is 0 Å². The number of halogens is 1. The number of nitrogens with two attached hydrogens (primary N) is 1. The number of carbonyl (C=O) groups excluding carboxylic acids is 1. The van der Waals surface area contributed by atoms with Crippen molar-refractivity contribution >= 4 is 29.0 Å². The lowest BCUT2D eigenvalue weighted by atomic mass is 10.2. The van der Waals surface area contributed by atoms with Crippen molar-refractivity contribution in [1.82, 2.24) is 5.32 Å². The van der Waals surface area contributed by atoms with Crippen LogP contribution in [0.4, 0.5) is 16.2 Å². The Hall–Kier alpha value is -1.42. The van der Waals surface area contributed by atoms with Gasteiger partial charge in [0.1, 0.15) is 0 Å². The van der Waals surface area contributed by atoms with Crippen molar-refractivity contribution in [3.05, 3.63) is 23.2 Å². The number of unbranched alkanes of at least 4 members (excludes halogenated alkanes) is 3. The molecule has 0 aliphatic heterocycles. The maximum atomic E-state index is 11.6. The van der Waals surface area contributed by atoms with E-state index in [4.69, 9.17) is 17.3 Å². The van der Waals surface area contributed by atoms with Gasteiger partial charge in [0.2, 0.25) is 0 Å². The van der Waals surface area contributed by atoms with Crippen LogP contribution >= 0.6 is 11.6 Å². The molecule has 1 rings (SSSR count). The topological polar surface area (TPSA) is 67.2 Å². The molecule has 0 unspecified atom stereocenters. The molecule has 0 radical (unpaired) electrons. The first-order chi connectivity index (χ1) is 8.63. The van der Waals surface area contributed by atoms with E-state index in [1.807, 2.05) is 0 Å². The number of nitrogen functional groups attached to an aromatic ring is 1. The van der Waals surface area contributed by atoms with E-state index in [2.05, 4.69) is 17.6 Å². The molecular weight excluding hydrogens is 250 g/mol. The number of urea groups is 1. The van der Waals surface area contributed by atoms with E-state index in [0.717, 1.165) is 12.8 Å². The first-order valence-electron chi connectivity index (χ1n) is 6.23. The molecule has 0 heterocycles. The first-order valence-corrected chi connectivity index (χ1v) is 6.61. The Morgan fingerprint density at radius 1 is 1.33 bits per heavy atom. The summed E-state index contributed by atoms with van der Waals surface area (Å²) in [6.45, 7) is 2.84. The van der Waals surface area contributed by atoms with Gasteiger partial charge in [-0.05, 0) is 24.6 Å². The van der Waals surface area contributed by atoms with Gasteiger partial charge in [-0.3, -0.25) is 0 Å². The van der Waals surface area contributed by atoms with E-state index in [1.165, 1.54) is 12.8 Å². The van der Waals surface area contributed by atoms with Gasteiger partial charge in [-0.25, -0.2) is 4.79 Å². The van der Waals surface area contributed by atoms with Crippen LogP contribution < -0.4 is 16.4 Å². The summed E-state index contributed by atoms with van der Waals surface area (Å²) in [5, 5.41) is 6.04. The second-order valence-electron chi connectivity index (χ2n) is 4.17. The van der Waals surface area contributed by atoms with E-state index >= 15 is 0 Å². The molecule has 0 aromatic heterocycles. The lowest BCUT2D eigenvalue weighted by molar-refractivity contribution is 0.252. The SMILES string of the molecule is CCCCCCNC(=O)Nc1ccc(Cl)cc1N. The van der Waals surface area contributed by atoms with Crippen LogP contribution in [0.15, 0.2) is 18.2 Å². The number of hydrogen-bond donors (Lipinski definition) is 3. The summed E-state index contributed by atoms with van der Waals surface area (Å²) >= 11 is 5.78. The average Bonchev–Trinajstić information content (AvgIpc) is 2.32. The summed E-state index contributed by atoms with van der Waals surface area (Å²) in [7, 11) is 0. The molecule has 0 atom stereocenters. The molecule has 4 nitrogen and oxygen atoms in total. The minimum Gasteiger partial charge on any atom is -0.397 e. The molecule has 2 amide bonds. The predicted octanol–water partition coefficient (Wildman–Crippen LogP) is 3.62. The molecule has 0 saturated heterocycles. The Balaban J connectivity index is 2.31. The molecule has 0 bridgehead atoms. The minimum atomic E-state index is -0.236. The summed E-state index contributed by atoms with van der Waals surface area (Å²) in [4.78, 5) is 11.6. The van der Waals surface area contributed by atoms with Crippen LogP contribution in [0.5, 0.6) is 0 Å². The Morgan fingerprint density at radius 2 is 2.11 bits per heavy atom. The molecule has 100 valence electrons. The molecular formula is C13H20ClN3O. The maximum Gasteiger partial charge on any atom is 0.319 e. The zero-order valence-corrected chi connectivity index (χ0v) is 11.4. The highest BCUT2D eigenvalue weighted by Crippen LogP contribution is 2.22. The van der Waals surface area contributed by atoms with Crippen molar-refractivity contribution in [2.24, 2.45) is 0 Å². The minimum absolute atomic E-state index is 0.236. The van der Waals surface area contributed by atoms with Crippen molar-refractivity contribution in [1.29, 1.82) is 0 Å². The smallest absolute Gasteiger partial charge is 0.319 e. The van der Waals surface area contributed by atoms with Crippen LogP contribution in [0.1, 0.15) is 32.6 Å². The van der Waals surface area contributed by atoms with Crippen molar-refractivity contribution in [2.45, 2.75) is 32.6 Å². The number of amides is 2. The van der Waals surface area contributed by atoms with Gasteiger partial charge in [-0.15, -0.1) is 0 Å². The number of rotatable bonds is 6. The Kier molecular flexibility index (Phi) is 6.36. The predicted molar refractivity (Wildman–Crippen MR) is 77.0 cm³/mol. The second kappa shape index (κ2) is 7.82. The van der Waals surface area contributed by atoms with Crippen molar-refractivity contribution < 1.29 is 4.79 Å². The summed E-state index contributed by atoms with van der Waals surface area (Å²) in [6.07, 6.45) is 4.53. The van der Waals surface area contributed by atoms with E-state index in [-0.39, 0.29) is 6.03 Å². The number of anilines is 2. The van der Waals surface area contributed by atoms with E-state index < -0.39 is 0 Å². The van der Waals surface area contributed by atoms with Crippen molar-refractivity contribution in [3.63, 3.8) is 0 Å². The normalized spacial score (nSPS) is 10.1. The first kappa shape index (κ1) is 14.6. The van der Waals surface area contributed by atoms with Gasteiger partial charge in [-0.2, -0.15) is 0 Å². The van der Waals surface area contributed by atoms with Gasteiger partial charge in [0, 0.05) is 11.6 Å². The Labute approximate surface area is 113 Å². The highest BCUT2D eigenvalue weighted by atomic mass is 35.5. The number of carbonyl (C=O) groups is 1. The Morgan fingerprint density at radius 3 is 2.78 bits per heavy atom. The van der Waals surface area contributed by atoms with E-state index in [9.17, 15) is 4.79 Å². The van der Waals surface area contributed by atoms with Gasteiger partial charge >= 0.3 is 6.03 Å². The van der Waals surface area contributed by atoms with Crippen LogP contribution in [-0.4, -0.2) is 12.6 Å². The molecule has 0 aliphatic rings. The van der Waals surface area contributed by atoms with Gasteiger partial charge in [0.15, 0.2) is 0 Å². The zero-order valence-electron chi connectivity index (χ0n) is 10.6. The second-order valence-corrected chi connectivity index (χ2v) is 4.61. The van der Waals surface area contributed by atoms with Crippen molar-refractivity contribution in [2.75, 3.05) is 17.6 Å². The monoisotopic (exact) mass is 269 g/mol. The number of hydrogen-bond acceptors (Lipinski definition) is 2. The quantitative estimate of drug-likeness (QED) is 0.545. The third-order valence-electron chi connectivity index (χ3n) is 2.58. The molecule has 1 aromatic carbocycles. The zero-order chi connectivity index (χ0) is 13.4. The molecule has 0 spiro atoms. The molecule has 5 heteroatoms. The molecule has 4 N–H and O–H groups in total. The molecule has 18 heavy (non-hydrogen) atoms. The van der Waals surface area contributed by atoms with E-state index in [1.54, 1.807) is 18.2 Å². The Bertz CT molecular complexity index is 396. The van der Waals surface area contributed by atoms with Crippen LogP contribution in [0.2, 0.25) is 5.02 Å². The fourth-order valence-electron chi connectivity index (χ4n) is 1.57. The molecule has 1 aromatic rings. The highest BCUT2D eigenvalue weighted by molar-refractivity contribution is 6.31. The summed E-state index contributed by atoms with van der Waals surface area (Å²) in [5.74, 6) is 0. The average molecular weight is 270 g/mol. The van der Waals surface area contributed by atoms with Crippen LogP contribution in [0.3, 0.4) is 0 Å². The fourth-order valence-corrected chi connectivity index (χ4v) is 1.75. The van der Waals surface area contributed by atoms with Gasteiger partial charge in [0.05, 0.1) is 11.4 Å². The van der Waals surface area contributed by atoms with Gasteiger partial charge in [0.25, 0.3) is 0 Å². The number of nitrogens with one attached hydrogen (secondary N) is 2. The summed E-state index contributed by atoms with van der Waals surface area (Å²) in [5.41, 5.74) is 6.77. The summed E-state index contributed by atoms with van der Waals surface area (Å²) < 4.78 is 0.